The number of rotatable bonds is 2. The third kappa shape index (κ3) is 2.92. The highest BCUT2D eigenvalue weighted by Crippen LogP contribution is 2.29. The van der Waals surface area contributed by atoms with Crippen molar-refractivity contribution in [2.45, 2.75) is 23.8 Å². The molecule has 1 fully saturated rings. The minimum atomic E-state index is -3.62. The van der Waals surface area contributed by atoms with Crippen LogP contribution in [0.15, 0.2) is 46.0 Å². The summed E-state index contributed by atoms with van der Waals surface area (Å²) in [5.41, 5.74) is 0.652. The molecule has 0 amide bonds. The van der Waals surface area contributed by atoms with Crippen LogP contribution in [0, 0.1) is 5.82 Å². The molecule has 0 N–H and O–H groups in total. The van der Waals surface area contributed by atoms with Crippen LogP contribution in [0.5, 0.6) is 0 Å². The van der Waals surface area contributed by atoms with E-state index in [0.29, 0.717) is 30.4 Å². The normalized spacial score (nSPS) is 19.2. The summed E-state index contributed by atoms with van der Waals surface area (Å²) in [5.74, 6) is 0.554. The highest BCUT2D eigenvalue weighted by molar-refractivity contribution is 7.90. The Kier molecular flexibility index (Phi) is 4.10. The largest absolute Gasteiger partial charge is 0.355 e. The molecule has 0 atom stereocenters. The summed E-state index contributed by atoms with van der Waals surface area (Å²) in [6.45, 7) is 1.42. The van der Waals surface area contributed by atoms with E-state index < -0.39 is 15.8 Å². The quantitative estimate of drug-likeness (QED) is 0.794. The molecule has 2 aliphatic rings. The van der Waals surface area contributed by atoms with Gasteiger partial charge < -0.3 is 9.80 Å². The maximum atomic E-state index is 13.0. The van der Waals surface area contributed by atoms with Crippen molar-refractivity contribution in [1.29, 1.82) is 0 Å². The van der Waals surface area contributed by atoms with Gasteiger partial charge in [0.15, 0.2) is 11.7 Å². The molecular formula is C17H18FN5O2S. The molecule has 4 rings (SSSR count). The summed E-state index contributed by atoms with van der Waals surface area (Å²) >= 11 is 0. The van der Waals surface area contributed by atoms with Gasteiger partial charge in [0, 0.05) is 31.7 Å². The molecule has 1 aromatic carbocycles. The second-order valence-electron chi connectivity index (χ2n) is 6.42. The predicted molar refractivity (Wildman–Crippen MR) is 95.2 cm³/mol. The molecule has 0 unspecified atom stereocenters. The second-order valence-corrected chi connectivity index (χ2v) is 7.99. The van der Waals surface area contributed by atoms with Gasteiger partial charge in [-0.15, -0.1) is 4.40 Å². The first-order valence-corrected chi connectivity index (χ1v) is 9.79. The zero-order valence-corrected chi connectivity index (χ0v) is 15.0. The van der Waals surface area contributed by atoms with Gasteiger partial charge in [0.1, 0.15) is 4.90 Å². The molecule has 26 heavy (non-hydrogen) atoms. The molecule has 1 saturated heterocycles. The molecule has 0 spiro atoms. The van der Waals surface area contributed by atoms with E-state index in [1.54, 1.807) is 18.2 Å². The van der Waals surface area contributed by atoms with Crippen molar-refractivity contribution >= 4 is 21.8 Å². The molecule has 2 aliphatic heterocycles. The lowest BCUT2D eigenvalue weighted by molar-refractivity contribution is 0.305. The van der Waals surface area contributed by atoms with E-state index >= 15 is 0 Å². The minimum Gasteiger partial charge on any atom is -0.355 e. The Balaban J connectivity index is 1.49. The van der Waals surface area contributed by atoms with Crippen LogP contribution >= 0.6 is 0 Å². The van der Waals surface area contributed by atoms with E-state index in [1.165, 1.54) is 0 Å². The number of piperidine rings is 1. The van der Waals surface area contributed by atoms with Crippen LogP contribution in [0.3, 0.4) is 0 Å². The topological polar surface area (TPSA) is 78.8 Å². The van der Waals surface area contributed by atoms with Crippen LogP contribution in [-0.4, -0.2) is 55.3 Å². The lowest BCUT2D eigenvalue weighted by Gasteiger charge is -2.37. The van der Waals surface area contributed by atoms with E-state index in [1.807, 2.05) is 22.9 Å². The maximum Gasteiger partial charge on any atom is 0.285 e. The van der Waals surface area contributed by atoms with Crippen molar-refractivity contribution in [3.05, 3.63) is 48.0 Å². The van der Waals surface area contributed by atoms with E-state index in [9.17, 15) is 12.8 Å². The van der Waals surface area contributed by atoms with Gasteiger partial charge in [-0.25, -0.2) is 14.4 Å². The Hall–Kier alpha value is -2.55. The van der Waals surface area contributed by atoms with E-state index in [0.717, 1.165) is 25.2 Å². The van der Waals surface area contributed by atoms with Gasteiger partial charge in [0.2, 0.25) is 5.95 Å². The van der Waals surface area contributed by atoms with E-state index in [-0.39, 0.29) is 10.9 Å². The van der Waals surface area contributed by atoms with E-state index in [4.69, 9.17) is 0 Å². The van der Waals surface area contributed by atoms with Crippen LogP contribution in [0.4, 0.5) is 10.3 Å². The molecule has 136 valence electrons. The third-order valence-corrected chi connectivity index (χ3v) is 6.17. The fourth-order valence-electron chi connectivity index (χ4n) is 3.44. The van der Waals surface area contributed by atoms with Crippen LogP contribution < -0.4 is 4.90 Å². The first-order chi connectivity index (χ1) is 12.5. The van der Waals surface area contributed by atoms with Crippen molar-refractivity contribution < 1.29 is 12.8 Å². The number of aromatic nitrogens is 2. The van der Waals surface area contributed by atoms with Crippen molar-refractivity contribution in [2.24, 2.45) is 4.40 Å². The highest BCUT2D eigenvalue weighted by atomic mass is 32.2. The summed E-state index contributed by atoms with van der Waals surface area (Å²) < 4.78 is 41.4. The molecule has 0 bridgehead atoms. The van der Waals surface area contributed by atoms with Crippen LogP contribution in [-0.2, 0) is 10.0 Å². The highest BCUT2D eigenvalue weighted by Gasteiger charge is 2.34. The molecular weight excluding hydrogens is 357 g/mol. The number of sulfonamides is 1. The van der Waals surface area contributed by atoms with Crippen LogP contribution in [0.2, 0.25) is 0 Å². The van der Waals surface area contributed by atoms with Gasteiger partial charge in [0.25, 0.3) is 10.0 Å². The summed E-state index contributed by atoms with van der Waals surface area (Å²) in [5, 5.41) is 0. The SMILES string of the molecule is CN(C1=NS(=O)(=O)c2ccccc21)C1CCN(c2ncc(F)cn2)CC1. The average Bonchev–Trinajstić information content (AvgIpc) is 2.94. The summed E-state index contributed by atoms with van der Waals surface area (Å²) in [7, 11) is -1.74. The number of halogens is 1. The Morgan fingerprint density at radius 2 is 1.81 bits per heavy atom. The van der Waals surface area contributed by atoms with E-state index in [2.05, 4.69) is 14.4 Å². The molecule has 9 heteroatoms. The van der Waals surface area contributed by atoms with Gasteiger partial charge >= 0.3 is 0 Å². The lowest BCUT2D eigenvalue weighted by Crippen LogP contribution is -2.46. The molecule has 1 aromatic heterocycles. The smallest absolute Gasteiger partial charge is 0.285 e. The Morgan fingerprint density at radius 1 is 1.15 bits per heavy atom. The average molecular weight is 375 g/mol. The number of fused-ring (bicyclic) bond motifs is 1. The lowest BCUT2D eigenvalue weighted by atomic mass is 10.0. The Labute approximate surface area is 151 Å². The van der Waals surface area contributed by atoms with Gasteiger partial charge in [-0.3, -0.25) is 0 Å². The molecule has 0 saturated carbocycles. The number of hydrogen-bond donors (Lipinski definition) is 0. The summed E-state index contributed by atoms with van der Waals surface area (Å²) in [4.78, 5) is 12.3. The Morgan fingerprint density at radius 3 is 2.50 bits per heavy atom. The first kappa shape index (κ1) is 16.9. The van der Waals surface area contributed by atoms with Gasteiger partial charge in [0.05, 0.1) is 12.4 Å². The number of anilines is 1. The fourth-order valence-corrected chi connectivity index (χ4v) is 4.68. The number of hydrogen-bond acceptors (Lipinski definition) is 6. The standard InChI is InChI=1S/C17H18FN5O2S/c1-22(16-14-4-2-3-5-15(14)26(24,25)21-16)13-6-8-23(9-7-13)17-19-10-12(18)11-20-17/h2-5,10-11,13H,6-9H2,1H3. The summed E-state index contributed by atoms with van der Waals surface area (Å²) in [6, 6.07) is 7.06. The van der Waals surface area contributed by atoms with Crippen molar-refractivity contribution in [1.82, 2.24) is 14.9 Å². The molecule has 2 aromatic rings. The Bertz CT molecular complexity index is 953. The second kappa shape index (κ2) is 6.31. The monoisotopic (exact) mass is 375 g/mol. The van der Waals surface area contributed by atoms with Crippen LogP contribution in [0.25, 0.3) is 0 Å². The number of amidine groups is 1. The van der Waals surface area contributed by atoms with Crippen LogP contribution in [0.1, 0.15) is 18.4 Å². The first-order valence-electron chi connectivity index (χ1n) is 8.35. The van der Waals surface area contributed by atoms with Gasteiger partial charge in [-0.05, 0) is 25.0 Å². The molecule has 0 aliphatic carbocycles. The molecule has 7 nitrogen and oxygen atoms in total. The van der Waals surface area contributed by atoms with Crippen molar-refractivity contribution in [3.63, 3.8) is 0 Å². The third-order valence-electron chi connectivity index (χ3n) is 4.85. The molecule has 0 radical (unpaired) electrons. The minimum absolute atomic E-state index is 0.159. The number of benzene rings is 1. The zero-order chi connectivity index (χ0) is 18.3. The van der Waals surface area contributed by atoms with Gasteiger partial charge in [-0.2, -0.15) is 8.42 Å². The van der Waals surface area contributed by atoms with Crippen molar-refractivity contribution in [2.75, 3.05) is 25.0 Å². The zero-order valence-electron chi connectivity index (χ0n) is 14.2. The van der Waals surface area contributed by atoms with Crippen molar-refractivity contribution in [3.8, 4) is 0 Å². The maximum absolute atomic E-state index is 13.0. The fraction of sp³-hybridized carbons (Fsp3) is 0.353. The number of nitrogens with zero attached hydrogens (tertiary/aromatic N) is 5. The van der Waals surface area contributed by atoms with Gasteiger partial charge in [-0.1, -0.05) is 12.1 Å². The molecule has 3 heterocycles. The predicted octanol–water partition coefficient (Wildman–Crippen LogP) is 1.67. The summed E-state index contributed by atoms with van der Waals surface area (Å²) in [6.07, 6.45) is 3.93.